The molecule has 0 bridgehead atoms. The fraction of sp³-hybridized carbons (Fsp3) is 0.235. The monoisotopic (exact) mass is 301 g/mol. The standard InChI is InChI=1S/C17H19NO2S/c1-13-7-2-4-9-15(13)20-12-6-11-17(19)18-14-8-3-5-10-16(14)21/h2-5,7-10,21H,6,11-12H2,1H3,(H,18,19). The topological polar surface area (TPSA) is 38.3 Å². The van der Waals surface area contributed by atoms with Gasteiger partial charge in [-0.2, -0.15) is 0 Å². The van der Waals surface area contributed by atoms with Crippen LogP contribution in [0.25, 0.3) is 0 Å². The Morgan fingerprint density at radius 2 is 1.86 bits per heavy atom. The number of carbonyl (C=O) groups is 1. The van der Waals surface area contributed by atoms with E-state index < -0.39 is 0 Å². The van der Waals surface area contributed by atoms with Crippen LogP contribution in [0.5, 0.6) is 5.75 Å². The zero-order valence-electron chi connectivity index (χ0n) is 12.0. The zero-order chi connectivity index (χ0) is 15.1. The molecule has 0 spiro atoms. The Morgan fingerprint density at radius 1 is 1.14 bits per heavy atom. The number of amides is 1. The van der Waals surface area contributed by atoms with Crippen molar-refractivity contribution in [2.24, 2.45) is 0 Å². The van der Waals surface area contributed by atoms with Gasteiger partial charge < -0.3 is 10.1 Å². The summed E-state index contributed by atoms with van der Waals surface area (Å²) in [4.78, 5) is 12.6. The molecule has 1 N–H and O–H groups in total. The van der Waals surface area contributed by atoms with E-state index in [0.29, 0.717) is 19.4 Å². The molecule has 3 nitrogen and oxygen atoms in total. The van der Waals surface area contributed by atoms with Gasteiger partial charge in [-0.05, 0) is 37.1 Å². The molecule has 0 aliphatic carbocycles. The highest BCUT2D eigenvalue weighted by molar-refractivity contribution is 7.80. The Labute approximate surface area is 130 Å². The molecule has 0 aromatic heterocycles. The largest absolute Gasteiger partial charge is 0.493 e. The highest BCUT2D eigenvalue weighted by Gasteiger charge is 2.05. The molecule has 2 rings (SSSR count). The van der Waals surface area contributed by atoms with Crippen LogP contribution in [0, 0.1) is 6.92 Å². The lowest BCUT2D eigenvalue weighted by atomic mass is 10.2. The third kappa shape index (κ3) is 4.83. The molecule has 0 atom stereocenters. The van der Waals surface area contributed by atoms with Crippen molar-refractivity contribution in [3.05, 3.63) is 54.1 Å². The van der Waals surface area contributed by atoms with Crippen molar-refractivity contribution in [1.82, 2.24) is 0 Å². The molecule has 0 saturated carbocycles. The molecule has 0 aliphatic heterocycles. The number of carbonyl (C=O) groups excluding carboxylic acids is 1. The van der Waals surface area contributed by atoms with Gasteiger partial charge in [0.15, 0.2) is 0 Å². The molecule has 0 heterocycles. The van der Waals surface area contributed by atoms with E-state index >= 15 is 0 Å². The molecule has 0 saturated heterocycles. The summed E-state index contributed by atoms with van der Waals surface area (Å²) in [7, 11) is 0. The number of anilines is 1. The highest BCUT2D eigenvalue weighted by Crippen LogP contribution is 2.19. The van der Waals surface area contributed by atoms with Gasteiger partial charge in [0.2, 0.25) is 5.91 Å². The number of nitrogens with one attached hydrogen (secondary N) is 1. The van der Waals surface area contributed by atoms with Gasteiger partial charge in [-0.25, -0.2) is 0 Å². The van der Waals surface area contributed by atoms with Crippen molar-refractivity contribution >= 4 is 24.2 Å². The number of ether oxygens (including phenoxy) is 1. The van der Waals surface area contributed by atoms with Crippen LogP contribution in [0.2, 0.25) is 0 Å². The minimum absolute atomic E-state index is 0.0233. The Kier molecular flexibility index (Phi) is 5.69. The second-order valence-electron chi connectivity index (χ2n) is 4.78. The lowest BCUT2D eigenvalue weighted by Crippen LogP contribution is -2.13. The quantitative estimate of drug-likeness (QED) is 0.623. The molecular weight excluding hydrogens is 282 g/mol. The van der Waals surface area contributed by atoms with Crippen molar-refractivity contribution in [3.63, 3.8) is 0 Å². The van der Waals surface area contributed by atoms with E-state index in [0.717, 1.165) is 21.9 Å². The number of rotatable bonds is 6. The molecule has 110 valence electrons. The summed E-state index contributed by atoms with van der Waals surface area (Å²) in [6.07, 6.45) is 1.10. The van der Waals surface area contributed by atoms with Crippen molar-refractivity contribution in [2.45, 2.75) is 24.7 Å². The highest BCUT2D eigenvalue weighted by atomic mass is 32.1. The number of hydrogen-bond acceptors (Lipinski definition) is 3. The zero-order valence-corrected chi connectivity index (χ0v) is 12.9. The average molecular weight is 301 g/mol. The molecule has 4 heteroatoms. The van der Waals surface area contributed by atoms with E-state index in [1.807, 2.05) is 55.5 Å². The van der Waals surface area contributed by atoms with E-state index in [2.05, 4.69) is 17.9 Å². The summed E-state index contributed by atoms with van der Waals surface area (Å²) in [6, 6.07) is 15.3. The van der Waals surface area contributed by atoms with Gasteiger partial charge in [0.1, 0.15) is 5.75 Å². The third-order valence-corrected chi connectivity index (χ3v) is 3.47. The van der Waals surface area contributed by atoms with E-state index in [4.69, 9.17) is 4.74 Å². The molecular formula is C17H19NO2S. The first-order valence-electron chi connectivity index (χ1n) is 6.93. The molecule has 1 amide bonds. The SMILES string of the molecule is Cc1ccccc1OCCCC(=O)Nc1ccccc1S. The predicted molar refractivity (Wildman–Crippen MR) is 88.2 cm³/mol. The molecule has 21 heavy (non-hydrogen) atoms. The second-order valence-corrected chi connectivity index (χ2v) is 5.26. The number of thiol groups is 1. The lowest BCUT2D eigenvalue weighted by molar-refractivity contribution is -0.116. The van der Waals surface area contributed by atoms with Gasteiger partial charge in [0, 0.05) is 11.3 Å². The normalized spacial score (nSPS) is 10.2. The maximum Gasteiger partial charge on any atom is 0.224 e. The van der Waals surface area contributed by atoms with E-state index in [1.54, 1.807) is 0 Å². The Bertz CT molecular complexity index is 613. The van der Waals surface area contributed by atoms with Crippen LogP contribution in [0.1, 0.15) is 18.4 Å². The Morgan fingerprint density at radius 3 is 2.62 bits per heavy atom. The van der Waals surface area contributed by atoms with Crippen LogP contribution >= 0.6 is 12.6 Å². The van der Waals surface area contributed by atoms with Gasteiger partial charge in [0.05, 0.1) is 12.3 Å². The van der Waals surface area contributed by atoms with Gasteiger partial charge in [-0.1, -0.05) is 30.3 Å². The van der Waals surface area contributed by atoms with Crippen molar-refractivity contribution < 1.29 is 9.53 Å². The minimum Gasteiger partial charge on any atom is -0.493 e. The summed E-state index contributed by atoms with van der Waals surface area (Å²) in [5, 5.41) is 2.85. The summed E-state index contributed by atoms with van der Waals surface area (Å²) in [6.45, 7) is 2.53. The summed E-state index contributed by atoms with van der Waals surface area (Å²) in [5.41, 5.74) is 1.84. The van der Waals surface area contributed by atoms with E-state index in [9.17, 15) is 4.79 Å². The second kappa shape index (κ2) is 7.74. The van der Waals surface area contributed by atoms with Crippen molar-refractivity contribution in [3.8, 4) is 5.75 Å². The summed E-state index contributed by atoms with van der Waals surface area (Å²) >= 11 is 4.30. The maximum absolute atomic E-state index is 11.8. The van der Waals surface area contributed by atoms with E-state index in [-0.39, 0.29) is 5.91 Å². The first-order valence-corrected chi connectivity index (χ1v) is 7.38. The summed E-state index contributed by atoms with van der Waals surface area (Å²) in [5.74, 6) is 0.850. The molecule has 2 aromatic rings. The molecule has 0 aliphatic rings. The molecule has 0 radical (unpaired) electrons. The van der Waals surface area contributed by atoms with Gasteiger partial charge in [0.25, 0.3) is 0 Å². The van der Waals surface area contributed by atoms with Crippen molar-refractivity contribution in [1.29, 1.82) is 0 Å². The number of para-hydroxylation sites is 2. The first-order chi connectivity index (χ1) is 10.2. The first kappa shape index (κ1) is 15.4. The van der Waals surface area contributed by atoms with E-state index in [1.165, 1.54) is 0 Å². The fourth-order valence-corrected chi connectivity index (χ4v) is 2.14. The van der Waals surface area contributed by atoms with Gasteiger partial charge in [-0.3, -0.25) is 4.79 Å². The third-order valence-electron chi connectivity index (χ3n) is 3.08. The Hall–Kier alpha value is -1.94. The van der Waals surface area contributed by atoms with Crippen molar-refractivity contribution in [2.75, 3.05) is 11.9 Å². The molecule has 2 aromatic carbocycles. The van der Waals surface area contributed by atoms with Gasteiger partial charge in [-0.15, -0.1) is 12.6 Å². The molecule has 0 fully saturated rings. The van der Waals surface area contributed by atoms with Crippen LogP contribution < -0.4 is 10.1 Å². The minimum atomic E-state index is -0.0233. The van der Waals surface area contributed by atoms with Crippen LogP contribution in [-0.2, 0) is 4.79 Å². The van der Waals surface area contributed by atoms with Crippen LogP contribution in [0.4, 0.5) is 5.69 Å². The number of benzene rings is 2. The molecule has 0 unspecified atom stereocenters. The smallest absolute Gasteiger partial charge is 0.224 e. The summed E-state index contributed by atoms with van der Waals surface area (Å²) < 4.78 is 5.67. The number of hydrogen-bond donors (Lipinski definition) is 2. The average Bonchev–Trinajstić information content (AvgIpc) is 2.48. The number of aryl methyl sites for hydroxylation is 1. The maximum atomic E-state index is 11.8. The fourth-order valence-electron chi connectivity index (χ4n) is 1.93. The predicted octanol–water partition coefficient (Wildman–Crippen LogP) is 4.08. The van der Waals surface area contributed by atoms with Crippen LogP contribution in [-0.4, -0.2) is 12.5 Å². The van der Waals surface area contributed by atoms with Gasteiger partial charge >= 0.3 is 0 Å². The lowest BCUT2D eigenvalue weighted by Gasteiger charge is -2.09. The van der Waals surface area contributed by atoms with Crippen LogP contribution in [0.3, 0.4) is 0 Å². The van der Waals surface area contributed by atoms with Crippen LogP contribution in [0.15, 0.2) is 53.4 Å². The Balaban J connectivity index is 1.73.